The minimum absolute atomic E-state index is 0.105. The number of phosphoric acid groups is 1. The quantitative estimate of drug-likeness (QED) is 0.746. The van der Waals surface area contributed by atoms with E-state index in [0.29, 0.717) is 0 Å². The maximum absolute atomic E-state index is 10.2. The molecule has 0 amide bonds. The molecule has 0 saturated carbocycles. The highest BCUT2D eigenvalue weighted by molar-refractivity contribution is 7.45. The van der Waals surface area contributed by atoms with E-state index in [2.05, 4.69) is 31.0 Å². The largest absolute Gasteiger partial charge is 0.746 e. The monoisotopic (exact) mass is 247 g/mol. The fourth-order valence-corrected chi connectivity index (χ4v) is 1.00. The summed E-state index contributed by atoms with van der Waals surface area (Å²) in [5.74, 6) is 0.105. The van der Waals surface area contributed by atoms with Gasteiger partial charge in [0.05, 0.1) is 5.54 Å². The molecule has 0 saturated heterocycles. The minimum Gasteiger partial charge on any atom is -0.746 e. The summed E-state index contributed by atoms with van der Waals surface area (Å²) in [6, 6.07) is 7.78. The SMILES string of the molecule is CC(C)(C)[NH3+].O=P([O-])(O)Oc1ccccc1. The summed E-state index contributed by atoms with van der Waals surface area (Å²) in [5.41, 5.74) is 4.02. The first-order chi connectivity index (χ1) is 7.08. The summed E-state index contributed by atoms with van der Waals surface area (Å²) < 4.78 is 14.3. The highest BCUT2D eigenvalue weighted by atomic mass is 31.2. The van der Waals surface area contributed by atoms with Crippen molar-refractivity contribution in [3.8, 4) is 5.75 Å². The van der Waals surface area contributed by atoms with E-state index in [1.807, 2.05) is 0 Å². The maximum Gasteiger partial charge on any atom is 0.317 e. The van der Waals surface area contributed by atoms with Crippen LogP contribution in [0.3, 0.4) is 0 Å². The van der Waals surface area contributed by atoms with Crippen molar-refractivity contribution >= 4 is 7.82 Å². The Labute approximate surface area is 95.5 Å². The van der Waals surface area contributed by atoms with E-state index in [0.717, 1.165) is 0 Å². The Morgan fingerprint density at radius 1 is 1.31 bits per heavy atom. The van der Waals surface area contributed by atoms with Crippen LogP contribution in [0, 0.1) is 0 Å². The molecule has 0 fully saturated rings. The van der Waals surface area contributed by atoms with Crippen molar-refractivity contribution in [1.29, 1.82) is 0 Å². The van der Waals surface area contributed by atoms with E-state index < -0.39 is 7.82 Å². The van der Waals surface area contributed by atoms with Crippen LogP contribution >= 0.6 is 7.82 Å². The topological polar surface area (TPSA) is 97.2 Å². The molecule has 0 aliphatic heterocycles. The highest BCUT2D eigenvalue weighted by Gasteiger charge is 2.02. The summed E-state index contributed by atoms with van der Waals surface area (Å²) in [7, 11) is -4.64. The van der Waals surface area contributed by atoms with Crippen molar-refractivity contribution in [1.82, 2.24) is 0 Å². The Morgan fingerprint density at radius 3 is 2.00 bits per heavy atom. The first-order valence-corrected chi connectivity index (χ1v) is 6.21. The fraction of sp³-hybridized carbons (Fsp3) is 0.400. The zero-order chi connectivity index (χ0) is 12.8. The minimum atomic E-state index is -4.64. The second kappa shape index (κ2) is 6.01. The third kappa shape index (κ3) is 13.1. The van der Waals surface area contributed by atoms with Crippen LogP contribution in [0.25, 0.3) is 0 Å². The highest BCUT2D eigenvalue weighted by Crippen LogP contribution is 2.32. The molecule has 92 valence electrons. The van der Waals surface area contributed by atoms with Gasteiger partial charge in [0.25, 0.3) is 0 Å². The smallest absolute Gasteiger partial charge is 0.317 e. The molecule has 5 nitrogen and oxygen atoms in total. The van der Waals surface area contributed by atoms with E-state index in [-0.39, 0.29) is 11.3 Å². The van der Waals surface area contributed by atoms with Gasteiger partial charge in [-0.1, -0.05) is 18.2 Å². The summed E-state index contributed by atoms with van der Waals surface area (Å²) in [6.45, 7) is 6.23. The zero-order valence-corrected chi connectivity index (χ0v) is 10.6. The lowest BCUT2D eigenvalue weighted by Gasteiger charge is -2.15. The Balaban J connectivity index is 0.000000385. The molecule has 0 heterocycles. The molecule has 1 unspecified atom stereocenters. The van der Waals surface area contributed by atoms with Gasteiger partial charge in [-0.3, -0.25) is 4.57 Å². The molecule has 0 spiro atoms. The zero-order valence-electron chi connectivity index (χ0n) is 9.71. The van der Waals surface area contributed by atoms with Gasteiger partial charge in [0.2, 0.25) is 0 Å². The lowest BCUT2D eigenvalue weighted by Crippen LogP contribution is -2.67. The van der Waals surface area contributed by atoms with Crippen LogP contribution in [-0.2, 0) is 4.57 Å². The molecule has 0 aliphatic rings. The van der Waals surface area contributed by atoms with E-state index in [9.17, 15) is 9.46 Å². The Hall–Kier alpha value is -0.870. The first-order valence-electron chi connectivity index (χ1n) is 4.72. The summed E-state index contributed by atoms with van der Waals surface area (Å²) in [6.07, 6.45) is 0. The number of hydrogen-bond donors (Lipinski definition) is 2. The third-order valence-corrected chi connectivity index (χ3v) is 1.41. The van der Waals surface area contributed by atoms with Crippen LogP contribution in [0.1, 0.15) is 20.8 Å². The lowest BCUT2D eigenvalue weighted by atomic mass is 10.1. The molecule has 16 heavy (non-hydrogen) atoms. The summed E-state index contributed by atoms with van der Waals surface area (Å²) in [4.78, 5) is 18.4. The van der Waals surface area contributed by atoms with E-state index >= 15 is 0 Å². The average molecular weight is 247 g/mol. The second-order valence-corrected chi connectivity index (χ2v) is 5.55. The van der Waals surface area contributed by atoms with Crippen molar-refractivity contribution < 1.29 is 24.6 Å². The van der Waals surface area contributed by atoms with Crippen LogP contribution < -0.4 is 15.2 Å². The number of hydrogen-bond acceptors (Lipinski definition) is 3. The predicted molar refractivity (Wildman–Crippen MR) is 59.5 cm³/mol. The maximum atomic E-state index is 10.2. The van der Waals surface area contributed by atoms with Gasteiger partial charge in [-0.15, -0.1) is 0 Å². The van der Waals surface area contributed by atoms with Gasteiger partial charge in [-0.05, 0) is 32.9 Å². The van der Waals surface area contributed by atoms with Gasteiger partial charge < -0.3 is 20.0 Å². The normalized spacial score (nSPS) is 14.4. The molecule has 0 bridgehead atoms. The van der Waals surface area contributed by atoms with E-state index in [1.165, 1.54) is 12.1 Å². The molecule has 1 atom stereocenters. The average Bonchev–Trinajstić information content (AvgIpc) is 1.99. The summed E-state index contributed by atoms with van der Waals surface area (Å²) in [5, 5.41) is 0. The number of benzene rings is 1. The Bertz CT molecular complexity index is 336. The molecular formula is C10H18NO4P. The molecule has 0 aliphatic carbocycles. The van der Waals surface area contributed by atoms with Crippen molar-refractivity contribution in [2.45, 2.75) is 26.3 Å². The molecular weight excluding hydrogens is 229 g/mol. The fourth-order valence-electron chi connectivity index (χ4n) is 0.615. The van der Waals surface area contributed by atoms with Crippen LogP contribution in [0.5, 0.6) is 5.75 Å². The molecule has 1 rings (SSSR count). The molecule has 1 aromatic rings. The van der Waals surface area contributed by atoms with Crippen LogP contribution in [0.4, 0.5) is 0 Å². The van der Waals surface area contributed by atoms with Gasteiger partial charge in [0, 0.05) is 0 Å². The van der Waals surface area contributed by atoms with Gasteiger partial charge in [0.1, 0.15) is 5.75 Å². The summed E-state index contributed by atoms with van der Waals surface area (Å²) >= 11 is 0. The van der Waals surface area contributed by atoms with Crippen molar-refractivity contribution in [2.24, 2.45) is 0 Å². The molecule has 0 radical (unpaired) electrons. The molecule has 0 aromatic heterocycles. The van der Waals surface area contributed by atoms with E-state index in [4.69, 9.17) is 4.89 Å². The van der Waals surface area contributed by atoms with Gasteiger partial charge in [-0.2, -0.15) is 0 Å². The van der Waals surface area contributed by atoms with E-state index in [1.54, 1.807) is 18.2 Å². The number of phosphoric ester groups is 1. The number of quaternary nitrogens is 1. The number of para-hydroxylation sites is 1. The van der Waals surface area contributed by atoms with Crippen molar-refractivity contribution in [2.75, 3.05) is 0 Å². The second-order valence-electron chi connectivity index (χ2n) is 4.43. The first kappa shape index (κ1) is 15.1. The van der Waals surface area contributed by atoms with Gasteiger partial charge in [-0.25, -0.2) is 0 Å². The van der Waals surface area contributed by atoms with Crippen LogP contribution in [-0.4, -0.2) is 10.4 Å². The van der Waals surface area contributed by atoms with Gasteiger partial charge >= 0.3 is 7.82 Å². The molecule has 1 aromatic carbocycles. The molecule has 6 heteroatoms. The molecule has 4 N–H and O–H groups in total. The van der Waals surface area contributed by atoms with Crippen molar-refractivity contribution in [3.63, 3.8) is 0 Å². The standard InChI is InChI=1S/C6H7O4P.C4H11N/c7-11(8,9)10-6-4-2-1-3-5-6;1-4(2,3)5/h1-5H,(H2,7,8,9);5H2,1-3H3. The van der Waals surface area contributed by atoms with Crippen molar-refractivity contribution in [3.05, 3.63) is 30.3 Å². The van der Waals surface area contributed by atoms with Crippen LogP contribution in [0.15, 0.2) is 30.3 Å². The number of rotatable bonds is 2. The third-order valence-electron chi connectivity index (χ3n) is 0.964. The Kier molecular flexibility index (Phi) is 5.68. The Morgan fingerprint density at radius 2 is 1.69 bits per heavy atom. The predicted octanol–water partition coefficient (Wildman–Crippen LogP) is 0.553. The lowest BCUT2D eigenvalue weighted by molar-refractivity contribution is -0.458. The van der Waals surface area contributed by atoms with Gasteiger partial charge in [0.15, 0.2) is 0 Å². The van der Waals surface area contributed by atoms with Crippen LogP contribution in [0.2, 0.25) is 0 Å².